The van der Waals surface area contributed by atoms with Crippen molar-refractivity contribution in [2.24, 2.45) is 4.99 Å². The zero-order chi connectivity index (χ0) is 11.1. The molecule has 0 fully saturated rings. The Hall–Kier alpha value is -1.11. The molecule has 7 heteroatoms. The summed E-state index contributed by atoms with van der Waals surface area (Å²) in [5.41, 5.74) is 0.464. The molecule has 0 spiro atoms. The van der Waals surface area contributed by atoms with Crippen molar-refractivity contribution in [2.45, 2.75) is 12.3 Å². The summed E-state index contributed by atoms with van der Waals surface area (Å²) in [5.74, 6) is -0.947. The summed E-state index contributed by atoms with van der Waals surface area (Å²) < 4.78 is 36.9. The lowest BCUT2D eigenvalue weighted by atomic mass is 10.2. The third kappa shape index (κ3) is 2.11. The summed E-state index contributed by atoms with van der Waals surface area (Å²) in [7, 11) is 0. The second-order valence-corrected chi connectivity index (χ2v) is 3.84. The van der Waals surface area contributed by atoms with Crippen LogP contribution in [-0.4, -0.2) is 17.0 Å². The number of alkyl halides is 3. The summed E-state index contributed by atoms with van der Waals surface area (Å²) in [4.78, 5) is 7.33. The number of nitrogens with one attached hydrogen (secondary N) is 1. The first-order chi connectivity index (χ1) is 6.97. The van der Waals surface area contributed by atoms with Crippen molar-refractivity contribution in [3.63, 3.8) is 0 Å². The Labute approximate surface area is 91.5 Å². The van der Waals surface area contributed by atoms with Gasteiger partial charge < -0.3 is 5.32 Å². The van der Waals surface area contributed by atoms with Crippen LogP contribution in [0.3, 0.4) is 0 Å². The first-order valence-corrected chi connectivity index (χ1v) is 4.79. The quantitative estimate of drug-likeness (QED) is 0.857. The number of aromatic nitrogens is 1. The van der Waals surface area contributed by atoms with Gasteiger partial charge in [-0.25, -0.2) is 4.99 Å². The Morgan fingerprint density at radius 3 is 2.47 bits per heavy atom. The average molecular weight is 280 g/mol. The molecular formula is C8H5BrF3N3. The maximum atomic E-state index is 12.0. The first kappa shape index (κ1) is 10.4. The van der Waals surface area contributed by atoms with E-state index in [1.165, 1.54) is 6.20 Å². The smallest absolute Gasteiger partial charge is 0.340 e. The molecule has 1 aromatic heterocycles. The van der Waals surface area contributed by atoms with E-state index in [0.29, 0.717) is 5.69 Å². The zero-order valence-electron chi connectivity index (χ0n) is 7.22. The Morgan fingerprint density at radius 2 is 2.00 bits per heavy atom. The zero-order valence-corrected chi connectivity index (χ0v) is 8.80. The molecule has 1 aliphatic heterocycles. The number of hydrogen-bond donors (Lipinski definition) is 1. The van der Waals surface area contributed by atoms with E-state index >= 15 is 0 Å². The molecule has 0 bridgehead atoms. The Kier molecular flexibility index (Phi) is 2.41. The van der Waals surface area contributed by atoms with Gasteiger partial charge in [0.25, 0.3) is 0 Å². The van der Waals surface area contributed by atoms with Crippen molar-refractivity contribution in [1.29, 1.82) is 0 Å². The average Bonchev–Trinajstić information content (AvgIpc) is 2.03. The number of amidine groups is 1. The van der Waals surface area contributed by atoms with E-state index in [2.05, 4.69) is 31.2 Å². The lowest BCUT2D eigenvalue weighted by Crippen LogP contribution is -2.47. The highest BCUT2D eigenvalue weighted by Gasteiger charge is 2.42. The second-order valence-electron chi connectivity index (χ2n) is 2.92. The molecule has 80 valence electrons. The number of pyridine rings is 1. The van der Waals surface area contributed by atoms with Gasteiger partial charge in [-0.05, 0) is 28.1 Å². The molecule has 1 unspecified atom stereocenters. The van der Waals surface area contributed by atoms with Gasteiger partial charge in [0.15, 0.2) is 6.17 Å². The standard InChI is InChI=1S/C8H5BrF3N3/c9-4-1-2-5(13-3-4)6-14-7(15-6)8(10,11)12/h1-3,6H,(H,14,15). The van der Waals surface area contributed by atoms with E-state index < -0.39 is 18.2 Å². The first-order valence-electron chi connectivity index (χ1n) is 4.00. The van der Waals surface area contributed by atoms with Gasteiger partial charge in [0, 0.05) is 10.7 Å². The number of aliphatic imine (C=N–C) groups is 1. The lowest BCUT2D eigenvalue weighted by Gasteiger charge is -2.27. The highest BCUT2D eigenvalue weighted by atomic mass is 79.9. The van der Waals surface area contributed by atoms with Gasteiger partial charge >= 0.3 is 6.18 Å². The summed E-state index contributed by atoms with van der Waals surface area (Å²) in [5, 5.41) is 2.20. The van der Waals surface area contributed by atoms with Gasteiger partial charge in [0.2, 0.25) is 5.84 Å². The van der Waals surface area contributed by atoms with Crippen molar-refractivity contribution in [1.82, 2.24) is 10.3 Å². The van der Waals surface area contributed by atoms with Gasteiger partial charge in [0.05, 0.1) is 5.69 Å². The van der Waals surface area contributed by atoms with Gasteiger partial charge in [0.1, 0.15) is 0 Å². The van der Waals surface area contributed by atoms with Crippen molar-refractivity contribution in [2.75, 3.05) is 0 Å². The van der Waals surface area contributed by atoms with Crippen LogP contribution in [0, 0.1) is 0 Å². The van der Waals surface area contributed by atoms with Crippen LogP contribution in [0.1, 0.15) is 11.9 Å². The third-order valence-electron chi connectivity index (χ3n) is 1.83. The van der Waals surface area contributed by atoms with Crippen molar-refractivity contribution >= 4 is 21.8 Å². The van der Waals surface area contributed by atoms with Crippen LogP contribution in [0.5, 0.6) is 0 Å². The predicted molar refractivity (Wildman–Crippen MR) is 51.3 cm³/mol. The largest absolute Gasteiger partial charge is 0.448 e. The topological polar surface area (TPSA) is 37.3 Å². The van der Waals surface area contributed by atoms with E-state index in [1.807, 2.05) is 0 Å². The number of nitrogens with zero attached hydrogens (tertiary/aromatic N) is 2. The Balaban J connectivity index is 2.12. The predicted octanol–water partition coefficient (Wildman–Crippen LogP) is 2.41. The Morgan fingerprint density at radius 1 is 1.33 bits per heavy atom. The molecular weight excluding hydrogens is 275 g/mol. The molecule has 1 aromatic rings. The SMILES string of the molecule is FC(F)(F)C1=NC(c2ccc(Br)cn2)N1. The van der Waals surface area contributed by atoms with E-state index in [1.54, 1.807) is 12.1 Å². The second kappa shape index (κ2) is 3.48. The Bertz CT molecular complexity index is 399. The van der Waals surface area contributed by atoms with Crippen LogP contribution in [0.15, 0.2) is 27.8 Å². The minimum absolute atomic E-state index is 0.464. The monoisotopic (exact) mass is 279 g/mol. The van der Waals surface area contributed by atoms with Gasteiger partial charge in [-0.2, -0.15) is 13.2 Å². The highest BCUT2D eigenvalue weighted by Crippen LogP contribution is 2.27. The van der Waals surface area contributed by atoms with Crippen LogP contribution in [0.25, 0.3) is 0 Å². The molecule has 1 N–H and O–H groups in total. The van der Waals surface area contributed by atoms with Crippen LogP contribution in [0.2, 0.25) is 0 Å². The molecule has 15 heavy (non-hydrogen) atoms. The van der Waals surface area contributed by atoms with Crippen molar-refractivity contribution < 1.29 is 13.2 Å². The van der Waals surface area contributed by atoms with Gasteiger partial charge in [-0.3, -0.25) is 4.98 Å². The molecule has 2 rings (SSSR count). The molecule has 2 heterocycles. The molecule has 1 atom stereocenters. The molecule has 0 saturated carbocycles. The summed E-state index contributed by atoms with van der Waals surface area (Å²) in [6, 6.07) is 3.31. The molecule has 1 aliphatic rings. The van der Waals surface area contributed by atoms with E-state index in [9.17, 15) is 13.2 Å². The van der Waals surface area contributed by atoms with Crippen molar-refractivity contribution in [3.05, 3.63) is 28.5 Å². The normalized spacial score (nSPS) is 20.3. The summed E-state index contributed by atoms with van der Waals surface area (Å²) in [6.07, 6.45) is -3.57. The maximum Gasteiger partial charge on any atom is 0.448 e. The fraction of sp³-hybridized carbons (Fsp3) is 0.250. The molecule has 0 radical (unpaired) electrons. The molecule has 0 aromatic carbocycles. The van der Waals surface area contributed by atoms with E-state index in [4.69, 9.17) is 0 Å². The van der Waals surface area contributed by atoms with E-state index in [0.717, 1.165) is 4.47 Å². The van der Waals surface area contributed by atoms with Crippen LogP contribution in [0.4, 0.5) is 13.2 Å². The summed E-state index contributed by atoms with van der Waals surface area (Å²) >= 11 is 3.18. The molecule has 0 aliphatic carbocycles. The minimum atomic E-state index is -4.40. The summed E-state index contributed by atoms with van der Waals surface area (Å²) in [6.45, 7) is 0. The van der Waals surface area contributed by atoms with Gasteiger partial charge in [-0.15, -0.1) is 0 Å². The maximum absolute atomic E-state index is 12.0. The number of rotatable bonds is 1. The third-order valence-corrected chi connectivity index (χ3v) is 2.30. The fourth-order valence-electron chi connectivity index (χ4n) is 1.11. The van der Waals surface area contributed by atoms with E-state index in [-0.39, 0.29) is 0 Å². The van der Waals surface area contributed by atoms with Crippen LogP contribution >= 0.6 is 15.9 Å². The molecule has 0 saturated heterocycles. The van der Waals surface area contributed by atoms with Crippen LogP contribution < -0.4 is 5.32 Å². The number of hydrogen-bond acceptors (Lipinski definition) is 3. The van der Waals surface area contributed by atoms with Gasteiger partial charge in [-0.1, -0.05) is 0 Å². The highest BCUT2D eigenvalue weighted by molar-refractivity contribution is 9.10. The minimum Gasteiger partial charge on any atom is -0.340 e. The van der Waals surface area contributed by atoms with Crippen LogP contribution in [-0.2, 0) is 0 Å². The fourth-order valence-corrected chi connectivity index (χ4v) is 1.34. The van der Waals surface area contributed by atoms with Crippen molar-refractivity contribution in [3.8, 4) is 0 Å². The molecule has 3 nitrogen and oxygen atoms in total. The lowest BCUT2D eigenvalue weighted by molar-refractivity contribution is -0.0658. The molecule has 0 amide bonds. The number of halogens is 4.